The number of hydrogen-bond donors (Lipinski definition) is 2. The molecular formula is C11H14N2O2. The van der Waals surface area contributed by atoms with Gasteiger partial charge in [-0.15, -0.1) is 0 Å². The minimum absolute atomic E-state index is 0.231. The lowest BCUT2D eigenvalue weighted by Gasteiger charge is -1.98. The fraction of sp³-hybridized carbons (Fsp3) is 0.364. The van der Waals surface area contributed by atoms with Crippen molar-refractivity contribution in [2.24, 2.45) is 0 Å². The summed E-state index contributed by atoms with van der Waals surface area (Å²) in [6.45, 7) is 1.00. The van der Waals surface area contributed by atoms with Gasteiger partial charge in [0.15, 0.2) is 5.58 Å². The molecule has 1 heterocycles. The maximum Gasteiger partial charge on any atom is 0.295 e. The number of aromatic nitrogens is 1. The van der Waals surface area contributed by atoms with Crippen molar-refractivity contribution in [2.45, 2.75) is 12.8 Å². The fourth-order valence-corrected chi connectivity index (χ4v) is 1.38. The molecular weight excluding hydrogens is 192 g/mol. The van der Waals surface area contributed by atoms with Gasteiger partial charge in [0.25, 0.3) is 6.01 Å². The van der Waals surface area contributed by atoms with Crippen molar-refractivity contribution < 1.29 is 9.52 Å². The lowest BCUT2D eigenvalue weighted by molar-refractivity contribution is 0.286. The standard InChI is InChI=1S/C11H14N2O2/c14-8-4-3-7-12-11-13-9-5-1-2-6-10(9)15-11/h1-2,5-6,14H,3-4,7-8H2,(H,12,13). The molecule has 1 aromatic carbocycles. The number of nitrogens with zero attached hydrogens (tertiary/aromatic N) is 1. The number of aliphatic hydroxyl groups is 1. The summed E-state index contributed by atoms with van der Waals surface area (Å²) < 4.78 is 5.46. The molecule has 0 radical (unpaired) electrons. The number of unbranched alkanes of at least 4 members (excludes halogenated alkanes) is 1. The average molecular weight is 206 g/mol. The van der Waals surface area contributed by atoms with Crippen molar-refractivity contribution in [3.8, 4) is 0 Å². The molecule has 2 N–H and O–H groups in total. The second-order valence-corrected chi connectivity index (χ2v) is 3.34. The van der Waals surface area contributed by atoms with E-state index in [1.165, 1.54) is 0 Å². The number of para-hydroxylation sites is 2. The molecule has 0 aliphatic carbocycles. The molecule has 0 amide bonds. The van der Waals surface area contributed by atoms with Gasteiger partial charge in [-0.05, 0) is 25.0 Å². The quantitative estimate of drug-likeness (QED) is 0.735. The van der Waals surface area contributed by atoms with E-state index in [2.05, 4.69) is 10.3 Å². The number of oxazole rings is 1. The van der Waals surface area contributed by atoms with E-state index in [0.29, 0.717) is 6.01 Å². The summed E-state index contributed by atoms with van der Waals surface area (Å²) in [5.41, 5.74) is 1.66. The van der Waals surface area contributed by atoms with Crippen molar-refractivity contribution in [1.29, 1.82) is 0 Å². The van der Waals surface area contributed by atoms with Gasteiger partial charge in [-0.2, -0.15) is 4.98 Å². The molecule has 0 atom stereocenters. The van der Waals surface area contributed by atoms with E-state index in [9.17, 15) is 0 Å². The largest absolute Gasteiger partial charge is 0.424 e. The number of fused-ring (bicyclic) bond motifs is 1. The van der Waals surface area contributed by atoms with Gasteiger partial charge in [0.2, 0.25) is 0 Å². The van der Waals surface area contributed by atoms with E-state index >= 15 is 0 Å². The topological polar surface area (TPSA) is 58.3 Å². The summed E-state index contributed by atoms with van der Waals surface area (Å²) in [6, 6.07) is 8.21. The van der Waals surface area contributed by atoms with Gasteiger partial charge >= 0.3 is 0 Å². The highest BCUT2D eigenvalue weighted by Crippen LogP contribution is 2.17. The van der Waals surface area contributed by atoms with E-state index in [4.69, 9.17) is 9.52 Å². The third-order valence-electron chi connectivity index (χ3n) is 2.16. The highest BCUT2D eigenvalue weighted by atomic mass is 16.4. The second-order valence-electron chi connectivity index (χ2n) is 3.34. The average Bonchev–Trinajstić information content (AvgIpc) is 2.67. The van der Waals surface area contributed by atoms with Gasteiger partial charge in [0, 0.05) is 13.2 Å². The van der Waals surface area contributed by atoms with Crippen LogP contribution in [0.4, 0.5) is 6.01 Å². The Morgan fingerprint density at radius 3 is 2.93 bits per heavy atom. The van der Waals surface area contributed by atoms with Crippen LogP contribution >= 0.6 is 0 Å². The molecule has 0 aliphatic rings. The van der Waals surface area contributed by atoms with Gasteiger partial charge in [-0.25, -0.2) is 0 Å². The van der Waals surface area contributed by atoms with Crippen LogP contribution in [-0.2, 0) is 0 Å². The maximum absolute atomic E-state index is 8.61. The van der Waals surface area contributed by atoms with E-state index in [1.807, 2.05) is 24.3 Å². The van der Waals surface area contributed by atoms with Crippen molar-refractivity contribution in [2.75, 3.05) is 18.5 Å². The van der Waals surface area contributed by atoms with Crippen LogP contribution in [0.2, 0.25) is 0 Å². The van der Waals surface area contributed by atoms with Crippen molar-refractivity contribution in [1.82, 2.24) is 4.98 Å². The SMILES string of the molecule is OCCCCNc1nc2ccccc2o1. The van der Waals surface area contributed by atoms with Gasteiger partial charge in [-0.3, -0.25) is 0 Å². The number of benzene rings is 1. The van der Waals surface area contributed by atoms with Crippen LogP contribution in [0, 0.1) is 0 Å². The van der Waals surface area contributed by atoms with Crippen molar-refractivity contribution in [3.05, 3.63) is 24.3 Å². The minimum Gasteiger partial charge on any atom is -0.424 e. The van der Waals surface area contributed by atoms with E-state index in [1.54, 1.807) is 0 Å². The zero-order valence-corrected chi connectivity index (χ0v) is 8.44. The lowest BCUT2D eigenvalue weighted by Crippen LogP contribution is -2.02. The first-order chi connectivity index (χ1) is 7.40. The molecule has 2 rings (SSSR count). The second kappa shape index (κ2) is 4.79. The summed E-state index contributed by atoms with van der Waals surface area (Å²) in [6.07, 6.45) is 1.71. The Kier molecular flexibility index (Phi) is 3.19. The molecule has 0 aliphatic heterocycles. The Morgan fingerprint density at radius 1 is 1.27 bits per heavy atom. The van der Waals surface area contributed by atoms with Crippen LogP contribution in [-0.4, -0.2) is 23.2 Å². The van der Waals surface area contributed by atoms with Crippen molar-refractivity contribution >= 4 is 17.1 Å². The summed E-state index contributed by atoms with van der Waals surface area (Å²) >= 11 is 0. The summed E-state index contributed by atoms with van der Waals surface area (Å²) in [5, 5.41) is 11.7. The summed E-state index contributed by atoms with van der Waals surface area (Å²) in [7, 11) is 0. The van der Waals surface area contributed by atoms with Crippen LogP contribution in [0.25, 0.3) is 11.1 Å². The van der Waals surface area contributed by atoms with E-state index in [-0.39, 0.29) is 6.61 Å². The first-order valence-electron chi connectivity index (χ1n) is 5.10. The molecule has 80 valence electrons. The monoisotopic (exact) mass is 206 g/mol. The molecule has 4 nitrogen and oxygen atoms in total. The number of anilines is 1. The van der Waals surface area contributed by atoms with E-state index < -0.39 is 0 Å². The Morgan fingerprint density at radius 2 is 2.13 bits per heavy atom. The number of nitrogens with one attached hydrogen (secondary N) is 1. The van der Waals surface area contributed by atoms with Gasteiger partial charge in [0.05, 0.1) is 0 Å². The van der Waals surface area contributed by atoms with E-state index in [0.717, 1.165) is 30.5 Å². The fourth-order valence-electron chi connectivity index (χ4n) is 1.38. The maximum atomic E-state index is 8.61. The molecule has 0 saturated carbocycles. The molecule has 0 saturated heterocycles. The zero-order valence-electron chi connectivity index (χ0n) is 8.44. The van der Waals surface area contributed by atoms with Crippen LogP contribution in [0.1, 0.15) is 12.8 Å². The Labute approximate surface area is 87.9 Å². The smallest absolute Gasteiger partial charge is 0.295 e. The zero-order chi connectivity index (χ0) is 10.5. The Hall–Kier alpha value is -1.55. The van der Waals surface area contributed by atoms with Gasteiger partial charge in [-0.1, -0.05) is 12.1 Å². The molecule has 0 bridgehead atoms. The number of hydrogen-bond acceptors (Lipinski definition) is 4. The predicted octanol–water partition coefficient (Wildman–Crippen LogP) is 2.01. The minimum atomic E-state index is 0.231. The van der Waals surface area contributed by atoms with Crippen LogP contribution in [0.3, 0.4) is 0 Å². The third-order valence-corrected chi connectivity index (χ3v) is 2.16. The van der Waals surface area contributed by atoms with Gasteiger partial charge < -0.3 is 14.8 Å². The summed E-state index contributed by atoms with van der Waals surface area (Å²) in [4.78, 5) is 4.27. The first kappa shape index (κ1) is 9.98. The molecule has 4 heteroatoms. The van der Waals surface area contributed by atoms with Crippen LogP contribution < -0.4 is 5.32 Å². The normalized spacial score (nSPS) is 10.7. The molecule has 0 unspecified atom stereocenters. The van der Waals surface area contributed by atoms with Crippen LogP contribution in [0.15, 0.2) is 28.7 Å². The van der Waals surface area contributed by atoms with Gasteiger partial charge in [0.1, 0.15) is 5.52 Å². The third kappa shape index (κ3) is 2.47. The molecule has 2 aromatic rings. The first-order valence-corrected chi connectivity index (χ1v) is 5.10. The lowest BCUT2D eigenvalue weighted by atomic mass is 10.3. The highest BCUT2D eigenvalue weighted by molar-refractivity contribution is 5.74. The van der Waals surface area contributed by atoms with Crippen molar-refractivity contribution in [3.63, 3.8) is 0 Å². The molecule has 0 fully saturated rings. The molecule has 0 spiro atoms. The molecule has 15 heavy (non-hydrogen) atoms. The Balaban J connectivity index is 1.97. The number of rotatable bonds is 5. The van der Waals surface area contributed by atoms with Crippen LogP contribution in [0.5, 0.6) is 0 Å². The predicted molar refractivity (Wildman–Crippen MR) is 58.8 cm³/mol. The number of aliphatic hydroxyl groups excluding tert-OH is 1. The highest BCUT2D eigenvalue weighted by Gasteiger charge is 2.02. The Bertz CT molecular complexity index is 392. The summed E-state index contributed by atoms with van der Waals surface area (Å²) in [5.74, 6) is 0. The molecule has 1 aromatic heterocycles.